The van der Waals surface area contributed by atoms with Gasteiger partial charge in [0, 0.05) is 12.0 Å². The van der Waals surface area contributed by atoms with Crippen LogP contribution in [0.15, 0.2) is 48.5 Å². The molecule has 8 unspecified atom stereocenters. The van der Waals surface area contributed by atoms with Gasteiger partial charge in [-0.2, -0.15) is 0 Å². The van der Waals surface area contributed by atoms with Crippen LogP contribution in [-0.2, 0) is 30.4 Å². The molecule has 8 atom stereocenters. The molecule has 14 heteroatoms. The Labute approximate surface area is 232 Å². The molecule has 0 bridgehead atoms. The van der Waals surface area contributed by atoms with Crippen LogP contribution in [0.3, 0.4) is 0 Å². The van der Waals surface area contributed by atoms with Crippen LogP contribution in [0.4, 0.5) is 0 Å². The number of ether oxygens (including phenoxy) is 4. The molecule has 2 aromatic rings. The minimum Gasteiger partial charge on any atom is -0.508 e. The molecule has 0 aromatic heterocycles. The van der Waals surface area contributed by atoms with Crippen LogP contribution in [0.1, 0.15) is 28.8 Å². The molecule has 0 spiro atoms. The zero-order valence-electron chi connectivity index (χ0n) is 21.5. The van der Waals surface area contributed by atoms with Crippen LogP contribution in [0.2, 0.25) is 0 Å². The molecule has 0 radical (unpaired) electrons. The number of rotatable bonds is 8. The average Bonchev–Trinajstić information content (AvgIpc) is 2.97. The second-order valence-electron chi connectivity index (χ2n) is 9.71. The summed E-state index contributed by atoms with van der Waals surface area (Å²) in [6, 6.07) is 11.5. The van der Waals surface area contributed by atoms with E-state index in [2.05, 4.69) is 0 Å². The number of carbonyl (C=O) groups is 3. The van der Waals surface area contributed by atoms with Gasteiger partial charge in [-0.25, -0.2) is 9.59 Å². The first kappa shape index (κ1) is 30.3. The van der Waals surface area contributed by atoms with E-state index in [9.17, 15) is 50.1 Å². The topological polar surface area (TPSA) is 230 Å². The molecule has 4 rings (SSSR count). The van der Waals surface area contributed by atoms with Crippen molar-refractivity contribution in [2.75, 3.05) is 6.61 Å². The maximum absolute atomic E-state index is 12.6. The highest BCUT2D eigenvalue weighted by Gasteiger charge is 2.56. The van der Waals surface area contributed by atoms with Gasteiger partial charge >= 0.3 is 11.9 Å². The molecule has 0 amide bonds. The number of hydrogen-bond donors (Lipinski definition) is 7. The molecule has 1 saturated heterocycles. The number of aliphatic hydroxyl groups excluding tert-OH is 5. The minimum atomic E-state index is -2.92. The summed E-state index contributed by atoms with van der Waals surface area (Å²) < 4.78 is 21.4. The smallest absolute Gasteiger partial charge is 0.344 e. The molecule has 1 aliphatic heterocycles. The van der Waals surface area contributed by atoms with Crippen LogP contribution in [-0.4, -0.2) is 109 Å². The Balaban J connectivity index is 1.45. The Bertz CT molecular complexity index is 1250. The first-order chi connectivity index (χ1) is 19.4. The van der Waals surface area contributed by atoms with Crippen molar-refractivity contribution in [2.45, 2.75) is 68.0 Å². The molecule has 14 nitrogen and oxygen atoms in total. The number of aliphatic hydroxyl groups is 6. The summed E-state index contributed by atoms with van der Waals surface area (Å²) in [4.78, 5) is 36.7. The largest absolute Gasteiger partial charge is 0.508 e. The van der Waals surface area contributed by atoms with Crippen molar-refractivity contribution in [1.29, 1.82) is 0 Å². The second kappa shape index (κ2) is 12.5. The summed E-state index contributed by atoms with van der Waals surface area (Å²) in [5.74, 6) is -3.53. The van der Waals surface area contributed by atoms with Crippen LogP contribution in [0, 0.1) is 0 Å². The van der Waals surface area contributed by atoms with Crippen molar-refractivity contribution < 1.29 is 69.1 Å². The number of phenols is 1. The highest BCUT2D eigenvalue weighted by molar-refractivity contribution is 5.94. The summed E-state index contributed by atoms with van der Waals surface area (Å²) in [6.45, 7) is -1.22. The van der Waals surface area contributed by atoms with E-state index in [1.807, 2.05) is 0 Å². The van der Waals surface area contributed by atoms with Gasteiger partial charge in [-0.3, -0.25) is 4.79 Å². The van der Waals surface area contributed by atoms with E-state index >= 15 is 0 Å². The molecule has 2 fully saturated rings. The lowest BCUT2D eigenvalue weighted by atomic mass is 9.79. The normalized spacial score (nSPS) is 31.8. The van der Waals surface area contributed by atoms with Crippen molar-refractivity contribution in [3.05, 3.63) is 59.7 Å². The number of hydrogen-bond acceptors (Lipinski definition) is 14. The van der Waals surface area contributed by atoms with Crippen molar-refractivity contribution in [2.24, 2.45) is 0 Å². The first-order valence-electron chi connectivity index (χ1n) is 12.6. The maximum Gasteiger partial charge on any atom is 0.344 e. The van der Waals surface area contributed by atoms with E-state index in [1.165, 1.54) is 24.3 Å². The third kappa shape index (κ3) is 6.33. The van der Waals surface area contributed by atoms with E-state index < -0.39 is 79.5 Å². The zero-order valence-corrected chi connectivity index (χ0v) is 21.5. The summed E-state index contributed by atoms with van der Waals surface area (Å²) >= 11 is 0. The molecule has 222 valence electrons. The third-order valence-electron chi connectivity index (χ3n) is 6.92. The van der Waals surface area contributed by atoms with E-state index in [0.29, 0.717) is 0 Å². The third-order valence-corrected chi connectivity index (χ3v) is 6.92. The van der Waals surface area contributed by atoms with Gasteiger partial charge in [0.1, 0.15) is 49.1 Å². The predicted octanol–water partition coefficient (Wildman–Crippen LogP) is -1.71. The fourth-order valence-corrected chi connectivity index (χ4v) is 4.46. The Kier molecular flexibility index (Phi) is 9.24. The van der Waals surface area contributed by atoms with Crippen LogP contribution in [0.25, 0.3) is 0 Å². The highest BCUT2D eigenvalue weighted by atomic mass is 16.7. The monoisotopic (exact) mass is 578 g/mol. The summed E-state index contributed by atoms with van der Waals surface area (Å²) in [7, 11) is 0. The van der Waals surface area contributed by atoms with Crippen LogP contribution >= 0.6 is 0 Å². The minimum absolute atomic E-state index is 0.0449. The number of carbonyl (C=O) groups excluding carboxylic acids is 3. The van der Waals surface area contributed by atoms with Crippen molar-refractivity contribution in [1.82, 2.24) is 0 Å². The summed E-state index contributed by atoms with van der Waals surface area (Å²) in [6.07, 6.45) is -12.7. The lowest BCUT2D eigenvalue weighted by molar-refractivity contribution is -0.277. The maximum atomic E-state index is 12.6. The molecule has 7 N–H and O–H groups in total. The molecule has 2 aromatic carbocycles. The molecule has 1 aliphatic carbocycles. The van der Waals surface area contributed by atoms with Gasteiger partial charge in [0.2, 0.25) is 11.9 Å². The molecule has 1 saturated carbocycles. The van der Waals surface area contributed by atoms with Gasteiger partial charge in [0.05, 0.1) is 11.7 Å². The lowest BCUT2D eigenvalue weighted by Gasteiger charge is -2.40. The van der Waals surface area contributed by atoms with Gasteiger partial charge in [0.25, 0.3) is 0 Å². The Morgan fingerprint density at radius 3 is 2.37 bits per heavy atom. The Morgan fingerprint density at radius 2 is 1.66 bits per heavy atom. The Morgan fingerprint density at radius 1 is 0.951 bits per heavy atom. The van der Waals surface area contributed by atoms with E-state index in [1.54, 1.807) is 18.2 Å². The lowest BCUT2D eigenvalue weighted by Crippen LogP contribution is -2.64. The molecule has 2 aliphatic rings. The fourth-order valence-electron chi connectivity index (χ4n) is 4.46. The second-order valence-corrected chi connectivity index (χ2v) is 9.71. The number of benzene rings is 2. The summed E-state index contributed by atoms with van der Waals surface area (Å²) in [5.41, 5.74) is -2.73. The van der Waals surface area contributed by atoms with Gasteiger partial charge in [-0.15, -0.1) is 0 Å². The van der Waals surface area contributed by atoms with Crippen molar-refractivity contribution in [3.63, 3.8) is 0 Å². The van der Waals surface area contributed by atoms with E-state index in [4.69, 9.17) is 18.9 Å². The number of aromatic hydroxyl groups is 1. The van der Waals surface area contributed by atoms with Crippen LogP contribution in [0.5, 0.6) is 11.5 Å². The number of esters is 2. The standard InChI is InChI=1S/C27H30O14/c28-15-6-8-17(14(10-15)11-39-26(36)27(37)19(30)9-7-16(29)23(27)34)40-25-22(33)21(32)20(31)18(41-25)12-38-24(35)13-4-2-1-3-5-13/h1-6,8,10,18-23,25,28,30-34,37H,7,9,11-12H2. The summed E-state index contributed by atoms with van der Waals surface area (Å²) in [5, 5.41) is 71.9. The van der Waals surface area contributed by atoms with Gasteiger partial charge < -0.3 is 54.7 Å². The average molecular weight is 579 g/mol. The fraction of sp³-hybridized carbons (Fsp3) is 0.444. The highest BCUT2D eigenvalue weighted by Crippen LogP contribution is 2.32. The van der Waals surface area contributed by atoms with E-state index in [0.717, 1.165) is 6.07 Å². The van der Waals surface area contributed by atoms with Gasteiger partial charge in [-0.1, -0.05) is 18.2 Å². The first-order valence-corrected chi connectivity index (χ1v) is 12.6. The SMILES string of the molecule is O=C(OCC1OC(Oc2ccc(O)cc2COC(=O)C2(O)C(O)CCC(=O)C2O)C(O)C(O)C1O)c1ccccc1. The number of phenolic OH excluding ortho intramolecular Hbond substituents is 1. The van der Waals surface area contributed by atoms with Crippen LogP contribution < -0.4 is 4.74 Å². The van der Waals surface area contributed by atoms with Crippen molar-refractivity contribution in [3.8, 4) is 11.5 Å². The molecule has 1 heterocycles. The number of Topliss-reactive ketones (excluding diaryl/α,β-unsaturated/α-hetero) is 1. The zero-order chi connectivity index (χ0) is 29.9. The Hall–Kier alpha value is -3.63. The molecular formula is C27H30O14. The van der Waals surface area contributed by atoms with Crippen molar-refractivity contribution >= 4 is 17.7 Å². The van der Waals surface area contributed by atoms with E-state index in [-0.39, 0.29) is 35.5 Å². The molecule has 41 heavy (non-hydrogen) atoms. The van der Waals surface area contributed by atoms with Gasteiger partial charge in [-0.05, 0) is 36.8 Å². The van der Waals surface area contributed by atoms with Gasteiger partial charge in [0.15, 0.2) is 11.9 Å². The predicted molar refractivity (Wildman–Crippen MR) is 133 cm³/mol. The quantitative estimate of drug-likeness (QED) is 0.173. The number of ketones is 1. The molecular weight excluding hydrogens is 548 g/mol.